The number of ether oxygens (including phenoxy) is 2. The van der Waals surface area contributed by atoms with Crippen molar-refractivity contribution in [2.45, 2.75) is 12.8 Å². The topological polar surface area (TPSA) is 83.6 Å². The smallest absolute Gasteiger partial charge is 0.131 e. The third kappa shape index (κ3) is 11.1. The average Bonchev–Trinajstić information content (AvgIpc) is 2.78. The number of quaternary nitrogens is 2. The van der Waals surface area contributed by atoms with Crippen LogP contribution in [0.2, 0.25) is 0 Å². The molecular formula is C28H44N4O4+2. The highest BCUT2D eigenvalue weighted by molar-refractivity contribution is 5.88. The quantitative estimate of drug-likeness (QED) is 0.222. The molecule has 2 N–H and O–H groups in total. The lowest BCUT2D eigenvalue weighted by molar-refractivity contribution is -0.870. The van der Waals surface area contributed by atoms with Crippen molar-refractivity contribution in [3.63, 3.8) is 0 Å². The molecule has 0 spiro atoms. The summed E-state index contributed by atoms with van der Waals surface area (Å²) in [5, 5.41) is 20.6. The van der Waals surface area contributed by atoms with Gasteiger partial charge in [0.15, 0.2) is 0 Å². The molecule has 198 valence electrons. The van der Waals surface area contributed by atoms with E-state index < -0.39 is 0 Å². The fraction of sp³-hybridized carbons (Fsp3) is 0.500. The molecular weight excluding hydrogens is 456 g/mol. The molecule has 0 aliphatic rings. The van der Waals surface area contributed by atoms with E-state index in [0.29, 0.717) is 48.9 Å². The maximum atomic E-state index is 10.3. The van der Waals surface area contributed by atoms with Gasteiger partial charge in [-0.05, 0) is 24.3 Å². The van der Waals surface area contributed by atoms with E-state index in [2.05, 4.69) is 52.3 Å². The molecule has 0 saturated carbocycles. The summed E-state index contributed by atoms with van der Waals surface area (Å²) < 4.78 is 13.6. The summed E-state index contributed by atoms with van der Waals surface area (Å²) in [6.07, 6.45) is 5.08. The van der Waals surface area contributed by atoms with Crippen LogP contribution in [-0.4, -0.2) is 113 Å². The van der Waals surface area contributed by atoms with Crippen molar-refractivity contribution in [3.8, 4) is 23.0 Å². The van der Waals surface area contributed by atoms with Crippen molar-refractivity contribution in [2.24, 2.45) is 9.98 Å². The van der Waals surface area contributed by atoms with Gasteiger partial charge in [0.1, 0.15) is 23.0 Å². The minimum Gasteiger partial charge on any atom is -0.507 e. The molecule has 0 fully saturated rings. The van der Waals surface area contributed by atoms with E-state index in [4.69, 9.17) is 9.47 Å². The second kappa shape index (κ2) is 13.8. The third-order valence-electron chi connectivity index (χ3n) is 5.35. The van der Waals surface area contributed by atoms with Crippen molar-refractivity contribution in [2.75, 3.05) is 81.7 Å². The molecule has 0 unspecified atom stereocenters. The molecule has 0 heterocycles. The van der Waals surface area contributed by atoms with E-state index in [0.717, 1.165) is 34.9 Å². The first-order valence-electron chi connectivity index (χ1n) is 12.5. The number of phenolic OH excluding ortho intramolecular Hbond substituents is 2. The maximum absolute atomic E-state index is 10.3. The lowest BCUT2D eigenvalue weighted by Gasteiger charge is -2.23. The Morgan fingerprint density at radius 3 is 1.42 bits per heavy atom. The van der Waals surface area contributed by atoms with Gasteiger partial charge in [0.25, 0.3) is 0 Å². The van der Waals surface area contributed by atoms with E-state index in [1.807, 2.05) is 12.1 Å². The zero-order valence-corrected chi connectivity index (χ0v) is 22.8. The molecule has 0 atom stereocenters. The van der Waals surface area contributed by atoms with Crippen LogP contribution >= 0.6 is 0 Å². The lowest BCUT2D eigenvalue weighted by atomic mass is 10.2. The number of benzene rings is 2. The molecule has 0 amide bonds. The second-order valence-electron chi connectivity index (χ2n) is 10.9. The van der Waals surface area contributed by atoms with Crippen LogP contribution in [0.5, 0.6) is 23.0 Å². The van der Waals surface area contributed by atoms with Gasteiger partial charge in [0, 0.05) is 25.3 Å². The summed E-state index contributed by atoms with van der Waals surface area (Å²) in [4.78, 5) is 8.83. The predicted molar refractivity (Wildman–Crippen MR) is 147 cm³/mol. The standard InChI is InChI=1S/C28H42N4O4/c1-31(2,3)17-9-19-35-27-13-7-11-25(33)23(27)21-29-15-16-30-22-24-26(34)12-8-14-28(24)36-20-10-18-32(4,5)6/h7-8,11-14,21-22H,9-10,15-20H2,1-6H3/p+2. The van der Waals surface area contributed by atoms with Crippen molar-refractivity contribution >= 4 is 12.4 Å². The van der Waals surface area contributed by atoms with Gasteiger partial charge in [-0.2, -0.15) is 0 Å². The zero-order valence-electron chi connectivity index (χ0n) is 22.8. The number of rotatable bonds is 15. The molecule has 0 radical (unpaired) electrons. The summed E-state index contributed by atoms with van der Waals surface area (Å²) in [5.74, 6) is 1.50. The van der Waals surface area contributed by atoms with Gasteiger partial charge in [-0.1, -0.05) is 12.1 Å². The van der Waals surface area contributed by atoms with Gasteiger partial charge >= 0.3 is 0 Å². The summed E-state index contributed by atoms with van der Waals surface area (Å²) in [6.45, 7) is 4.01. The Balaban J connectivity index is 1.90. The zero-order chi connectivity index (χ0) is 26.6. The minimum atomic E-state index is 0.132. The van der Waals surface area contributed by atoms with Gasteiger partial charge in [0.2, 0.25) is 0 Å². The van der Waals surface area contributed by atoms with E-state index in [9.17, 15) is 10.2 Å². The number of hydrogen-bond donors (Lipinski definition) is 2. The number of aromatic hydroxyl groups is 2. The summed E-state index contributed by atoms with van der Waals surface area (Å²) in [7, 11) is 12.9. The molecule has 2 rings (SSSR count). The minimum absolute atomic E-state index is 0.132. The Bertz CT molecular complexity index is 926. The first-order valence-corrected chi connectivity index (χ1v) is 12.5. The molecule has 0 saturated heterocycles. The number of aliphatic imine (C=N–C) groups is 2. The Morgan fingerprint density at radius 1 is 0.667 bits per heavy atom. The fourth-order valence-corrected chi connectivity index (χ4v) is 3.45. The predicted octanol–water partition coefficient (Wildman–Crippen LogP) is 3.59. The summed E-state index contributed by atoms with van der Waals surface area (Å²) in [6, 6.07) is 10.5. The van der Waals surface area contributed by atoms with Gasteiger partial charge in [-0.3, -0.25) is 9.98 Å². The lowest BCUT2D eigenvalue weighted by Crippen LogP contribution is -2.36. The van der Waals surface area contributed by atoms with Gasteiger partial charge in [-0.25, -0.2) is 0 Å². The Labute approximate surface area is 216 Å². The van der Waals surface area contributed by atoms with Crippen LogP contribution in [0.25, 0.3) is 0 Å². The second-order valence-corrected chi connectivity index (χ2v) is 10.9. The molecule has 2 aromatic carbocycles. The highest BCUT2D eigenvalue weighted by Gasteiger charge is 2.11. The summed E-state index contributed by atoms with van der Waals surface area (Å²) in [5.41, 5.74) is 1.13. The number of phenols is 2. The highest BCUT2D eigenvalue weighted by atomic mass is 16.5. The number of nitrogens with zero attached hydrogens (tertiary/aromatic N) is 4. The summed E-state index contributed by atoms with van der Waals surface area (Å²) >= 11 is 0. The van der Waals surface area contributed by atoms with Crippen LogP contribution in [0.1, 0.15) is 24.0 Å². The van der Waals surface area contributed by atoms with Crippen LogP contribution in [0.3, 0.4) is 0 Å². The molecule has 0 aliphatic heterocycles. The molecule has 0 aliphatic carbocycles. The SMILES string of the molecule is C[N+](C)(C)CCCOc1cccc(O)c1C=NCCN=Cc1c(O)cccc1OCCC[N+](C)(C)C. The highest BCUT2D eigenvalue weighted by Crippen LogP contribution is 2.27. The van der Waals surface area contributed by atoms with Gasteiger partial charge in [0.05, 0.1) is 92.8 Å². The van der Waals surface area contributed by atoms with E-state index in [-0.39, 0.29) is 11.5 Å². The van der Waals surface area contributed by atoms with Gasteiger partial charge < -0.3 is 28.7 Å². The fourth-order valence-electron chi connectivity index (χ4n) is 3.45. The first kappa shape index (κ1) is 29.1. The van der Waals surface area contributed by atoms with Crippen molar-refractivity contribution < 1.29 is 28.7 Å². The van der Waals surface area contributed by atoms with Crippen molar-refractivity contribution in [1.29, 1.82) is 0 Å². The maximum Gasteiger partial charge on any atom is 0.131 e. The molecule has 8 heteroatoms. The Kier molecular flexibility index (Phi) is 11.2. The van der Waals surface area contributed by atoms with Crippen LogP contribution in [0.4, 0.5) is 0 Å². The van der Waals surface area contributed by atoms with Crippen LogP contribution in [0, 0.1) is 0 Å². The number of hydrogen-bond acceptors (Lipinski definition) is 6. The molecule has 8 nitrogen and oxygen atoms in total. The van der Waals surface area contributed by atoms with Crippen LogP contribution in [0.15, 0.2) is 46.4 Å². The molecule has 36 heavy (non-hydrogen) atoms. The van der Waals surface area contributed by atoms with E-state index in [1.165, 1.54) is 0 Å². The Hall–Kier alpha value is -3.10. The van der Waals surface area contributed by atoms with Crippen molar-refractivity contribution in [3.05, 3.63) is 47.5 Å². The third-order valence-corrected chi connectivity index (χ3v) is 5.35. The van der Waals surface area contributed by atoms with E-state index >= 15 is 0 Å². The molecule has 0 bridgehead atoms. The Morgan fingerprint density at radius 2 is 1.06 bits per heavy atom. The average molecular weight is 501 g/mol. The first-order chi connectivity index (χ1) is 17.0. The van der Waals surface area contributed by atoms with E-state index in [1.54, 1.807) is 36.7 Å². The van der Waals surface area contributed by atoms with Crippen LogP contribution < -0.4 is 9.47 Å². The largest absolute Gasteiger partial charge is 0.507 e. The van der Waals surface area contributed by atoms with Crippen molar-refractivity contribution in [1.82, 2.24) is 0 Å². The van der Waals surface area contributed by atoms with Crippen LogP contribution in [-0.2, 0) is 0 Å². The molecule has 0 aromatic heterocycles. The van der Waals surface area contributed by atoms with Gasteiger partial charge in [-0.15, -0.1) is 0 Å². The monoisotopic (exact) mass is 500 g/mol. The molecule has 2 aromatic rings. The normalized spacial score (nSPS) is 12.5.